The Morgan fingerprint density at radius 2 is 2.19 bits per heavy atom. The molecule has 0 fully saturated rings. The van der Waals surface area contributed by atoms with Crippen LogP contribution < -0.4 is 0 Å². The summed E-state index contributed by atoms with van der Waals surface area (Å²) < 4.78 is 5.91. The fraction of sp³-hybridized carbons (Fsp3) is 0.455. The van der Waals surface area contributed by atoms with Crippen molar-refractivity contribution in [3.63, 3.8) is 0 Å². The standard InChI is InChI=1S/C11H14BrNO3/c1-8(2)6-16-7-9-3-4-10(12)11(5-9)13(14)15/h3-5,8H,6-7H2,1-2H3. The summed E-state index contributed by atoms with van der Waals surface area (Å²) in [5.41, 5.74) is 0.890. The van der Waals surface area contributed by atoms with Crippen LogP contribution in [-0.4, -0.2) is 11.5 Å². The highest BCUT2D eigenvalue weighted by molar-refractivity contribution is 9.10. The zero-order chi connectivity index (χ0) is 12.1. The highest BCUT2D eigenvalue weighted by Gasteiger charge is 2.12. The van der Waals surface area contributed by atoms with Gasteiger partial charge in [-0.05, 0) is 33.5 Å². The van der Waals surface area contributed by atoms with Crippen LogP contribution in [-0.2, 0) is 11.3 Å². The van der Waals surface area contributed by atoms with Crippen LogP contribution in [0, 0.1) is 16.0 Å². The van der Waals surface area contributed by atoms with Crippen LogP contribution in [0.4, 0.5) is 5.69 Å². The maximum atomic E-state index is 10.7. The van der Waals surface area contributed by atoms with E-state index in [1.807, 2.05) is 6.07 Å². The molecule has 0 aliphatic rings. The van der Waals surface area contributed by atoms with E-state index in [4.69, 9.17) is 4.74 Å². The smallest absolute Gasteiger partial charge is 0.283 e. The quantitative estimate of drug-likeness (QED) is 0.615. The van der Waals surface area contributed by atoms with Crippen molar-refractivity contribution in [2.24, 2.45) is 5.92 Å². The van der Waals surface area contributed by atoms with Gasteiger partial charge in [0.05, 0.1) is 16.0 Å². The van der Waals surface area contributed by atoms with Gasteiger partial charge in [-0.3, -0.25) is 10.1 Å². The number of nitro groups is 1. The van der Waals surface area contributed by atoms with Gasteiger partial charge in [-0.15, -0.1) is 0 Å². The Hall–Kier alpha value is -0.940. The Morgan fingerprint density at radius 1 is 1.50 bits per heavy atom. The second kappa shape index (κ2) is 5.96. The fourth-order valence-corrected chi connectivity index (χ4v) is 1.59. The Morgan fingerprint density at radius 3 is 2.75 bits per heavy atom. The van der Waals surface area contributed by atoms with Gasteiger partial charge in [0.15, 0.2) is 0 Å². The average molecular weight is 288 g/mol. The van der Waals surface area contributed by atoms with Gasteiger partial charge in [-0.2, -0.15) is 0 Å². The van der Waals surface area contributed by atoms with Crippen molar-refractivity contribution in [3.05, 3.63) is 38.3 Å². The average Bonchev–Trinajstić information content (AvgIpc) is 2.19. The number of hydrogen-bond acceptors (Lipinski definition) is 3. The number of rotatable bonds is 5. The maximum Gasteiger partial charge on any atom is 0.283 e. The normalized spacial score (nSPS) is 10.8. The lowest BCUT2D eigenvalue weighted by atomic mass is 10.2. The Labute approximate surface area is 103 Å². The summed E-state index contributed by atoms with van der Waals surface area (Å²) in [4.78, 5) is 10.3. The molecule has 0 aromatic heterocycles. The van der Waals surface area contributed by atoms with E-state index in [1.165, 1.54) is 6.07 Å². The van der Waals surface area contributed by atoms with Gasteiger partial charge in [0.2, 0.25) is 0 Å². The Kier molecular flexibility index (Phi) is 4.89. The monoisotopic (exact) mass is 287 g/mol. The van der Waals surface area contributed by atoms with E-state index < -0.39 is 4.92 Å². The molecule has 0 spiro atoms. The first-order valence-electron chi connectivity index (χ1n) is 5.01. The molecule has 0 unspecified atom stereocenters. The molecule has 0 aliphatic carbocycles. The second-order valence-electron chi connectivity index (χ2n) is 3.95. The van der Waals surface area contributed by atoms with Crippen LogP contribution in [0.2, 0.25) is 0 Å². The molecule has 0 aliphatic heterocycles. The van der Waals surface area contributed by atoms with E-state index >= 15 is 0 Å². The van der Waals surface area contributed by atoms with Crippen LogP contribution in [0.5, 0.6) is 0 Å². The number of ether oxygens (including phenoxy) is 1. The number of hydrogen-bond donors (Lipinski definition) is 0. The second-order valence-corrected chi connectivity index (χ2v) is 4.81. The maximum absolute atomic E-state index is 10.7. The Balaban J connectivity index is 2.68. The topological polar surface area (TPSA) is 52.4 Å². The summed E-state index contributed by atoms with van der Waals surface area (Å²) >= 11 is 3.14. The number of nitrogens with zero attached hydrogens (tertiary/aromatic N) is 1. The first-order chi connectivity index (χ1) is 7.50. The predicted octanol–water partition coefficient (Wildman–Crippen LogP) is 3.53. The van der Waals surface area contributed by atoms with Crippen molar-refractivity contribution >= 4 is 21.6 Å². The third-order valence-electron chi connectivity index (χ3n) is 1.93. The predicted molar refractivity (Wildman–Crippen MR) is 65.3 cm³/mol. The van der Waals surface area contributed by atoms with Gasteiger partial charge in [-0.25, -0.2) is 0 Å². The largest absolute Gasteiger partial charge is 0.377 e. The van der Waals surface area contributed by atoms with E-state index in [0.717, 1.165) is 5.56 Å². The van der Waals surface area contributed by atoms with Crippen molar-refractivity contribution in [3.8, 4) is 0 Å². The van der Waals surface area contributed by atoms with Gasteiger partial charge in [0.1, 0.15) is 0 Å². The van der Waals surface area contributed by atoms with Crippen LogP contribution in [0.1, 0.15) is 19.4 Å². The molecule has 0 heterocycles. The van der Waals surface area contributed by atoms with Crippen LogP contribution in [0.25, 0.3) is 0 Å². The molecule has 0 atom stereocenters. The minimum atomic E-state index is -0.407. The molecule has 0 saturated carbocycles. The number of benzene rings is 1. The minimum absolute atomic E-state index is 0.0747. The molecule has 0 amide bonds. The third kappa shape index (κ3) is 3.90. The molecule has 0 radical (unpaired) electrons. The van der Waals surface area contributed by atoms with Crippen LogP contribution in [0.3, 0.4) is 0 Å². The van der Waals surface area contributed by atoms with Gasteiger partial charge < -0.3 is 4.74 Å². The summed E-state index contributed by atoms with van der Waals surface area (Å²) in [5, 5.41) is 10.7. The zero-order valence-corrected chi connectivity index (χ0v) is 10.9. The lowest BCUT2D eigenvalue weighted by Gasteiger charge is -2.07. The molecule has 16 heavy (non-hydrogen) atoms. The molecule has 0 N–H and O–H groups in total. The molecule has 0 bridgehead atoms. The summed E-state index contributed by atoms with van der Waals surface area (Å²) in [5.74, 6) is 0.463. The number of halogens is 1. The van der Waals surface area contributed by atoms with Crippen molar-refractivity contribution in [2.45, 2.75) is 20.5 Å². The van der Waals surface area contributed by atoms with Gasteiger partial charge >= 0.3 is 0 Å². The molecule has 1 aromatic carbocycles. The highest BCUT2D eigenvalue weighted by Crippen LogP contribution is 2.25. The molecule has 88 valence electrons. The molecule has 1 rings (SSSR count). The zero-order valence-electron chi connectivity index (χ0n) is 9.27. The fourth-order valence-electron chi connectivity index (χ4n) is 1.20. The van der Waals surface area contributed by atoms with Gasteiger partial charge in [-0.1, -0.05) is 19.9 Å². The van der Waals surface area contributed by atoms with E-state index in [2.05, 4.69) is 29.8 Å². The molecular weight excluding hydrogens is 274 g/mol. The first kappa shape index (κ1) is 13.1. The van der Waals surface area contributed by atoms with Gasteiger partial charge in [0.25, 0.3) is 5.69 Å². The van der Waals surface area contributed by atoms with Crippen molar-refractivity contribution in [1.29, 1.82) is 0 Å². The van der Waals surface area contributed by atoms with E-state index in [-0.39, 0.29) is 5.69 Å². The van der Waals surface area contributed by atoms with E-state index in [0.29, 0.717) is 23.6 Å². The Bertz CT molecular complexity index is 379. The molecule has 0 saturated heterocycles. The number of nitro benzene ring substituents is 1. The first-order valence-corrected chi connectivity index (χ1v) is 5.80. The summed E-state index contributed by atoms with van der Waals surface area (Å²) in [6.07, 6.45) is 0. The minimum Gasteiger partial charge on any atom is -0.377 e. The molecule has 5 heteroatoms. The van der Waals surface area contributed by atoms with E-state index in [1.54, 1.807) is 6.07 Å². The van der Waals surface area contributed by atoms with Gasteiger partial charge in [0, 0.05) is 12.7 Å². The van der Waals surface area contributed by atoms with E-state index in [9.17, 15) is 10.1 Å². The van der Waals surface area contributed by atoms with Crippen LogP contribution >= 0.6 is 15.9 Å². The molecular formula is C11H14BrNO3. The van der Waals surface area contributed by atoms with Crippen molar-refractivity contribution < 1.29 is 9.66 Å². The molecule has 4 nitrogen and oxygen atoms in total. The highest BCUT2D eigenvalue weighted by atomic mass is 79.9. The molecule has 1 aromatic rings. The summed E-state index contributed by atoms with van der Waals surface area (Å²) in [6.45, 7) is 5.18. The third-order valence-corrected chi connectivity index (χ3v) is 2.60. The van der Waals surface area contributed by atoms with Crippen molar-refractivity contribution in [2.75, 3.05) is 6.61 Å². The van der Waals surface area contributed by atoms with Crippen LogP contribution in [0.15, 0.2) is 22.7 Å². The summed E-state index contributed by atoms with van der Waals surface area (Å²) in [6, 6.07) is 5.02. The summed E-state index contributed by atoms with van der Waals surface area (Å²) in [7, 11) is 0. The lowest BCUT2D eigenvalue weighted by Crippen LogP contribution is -2.02. The SMILES string of the molecule is CC(C)COCc1ccc(Br)c([N+](=O)[O-])c1. The lowest BCUT2D eigenvalue weighted by molar-refractivity contribution is -0.385. The van der Waals surface area contributed by atoms with Crippen molar-refractivity contribution in [1.82, 2.24) is 0 Å².